The first-order chi connectivity index (χ1) is 10.7. The number of rotatable bonds is 9. The van der Waals surface area contributed by atoms with Gasteiger partial charge >= 0.3 is 0 Å². The van der Waals surface area contributed by atoms with Crippen LogP contribution in [0, 0.1) is 5.92 Å². The van der Waals surface area contributed by atoms with Gasteiger partial charge in [0.25, 0.3) is 0 Å². The quantitative estimate of drug-likeness (QED) is 0.410. The highest BCUT2D eigenvalue weighted by Gasteiger charge is 2.03. The second-order valence-electron chi connectivity index (χ2n) is 5.23. The molecule has 1 aromatic heterocycles. The van der Waals surface area contributed by atoms with E-state index in [1.54, 1.807) is 13.3 Å². The summed E-state index contributed by atoms with van der Waals surface area (Å²) < 4.78 is 0. The molecule has 120 valence electrons. The van der Waals surface area contributed by atoms with Crippen molar-refractivity contribution in [2.24, 2.45) is 10.9 Å². The van der Waals surface area contributed by atoms with Crippen LogP contribution in [0.2, 0.25) is 0 Å². The van der Waals surface area contributed by atoms with Crippen LogP contribution >= 0.6 is 12.6 Å². The van der Waals surface area contributed by atoms with Gasteiger partial charge in [0, 0.05) is 19.0 Å². The molecule has 1 rings (SSSR count). The topological polar surface area (TPSA) is 37.3 Å². The number of hydrogen-bond donors (Lipinski definition) is 2. The Bertz CT molecular complexity index is 521. The number of nitrogens with zero attached hydrogens (tertiary/aromatic N) is 2. The van der Waals surface area contributed by atoms with Crippen LogP contribution in [0.5, 0.6) is 0 Å². The van der Waals surface area contributed by atoms with Crippen molar-refractivity contribution >= 4 is 18.8 Å². The normalized spacial score (nSPS) is 13.9. The Morgan fingerprint density at radius 1 is 1.45 bits per heavy atom. The molecule has 0 aliphatic carbocycles. The van der Waals surface area contributed by atoms with Crippen LogP contribution in [0.4, 0.5) is 0 Å². The van der Waals surface area contributed by atoms with E-state index in [1.807, 2.05) is 18.2 Å². The van der Waals surface area contributed by atoms with Gasteiger partial charge in [-0.05, 0) is 43.6 Å². The Kier molecular flexibility index (Phi) is 9.31. The number of nitrogens with one attached hydrogen (secondary N) is 1. The molecule has 0 radical (unpaired) electrons. The predicted octanol–water partition coefficient (Wildman–Crippen LogP) is 4.03. The van der Waals surface area contributed by atoms with Gasteiger partial charge in [-0.25, -0.2) is 4.98 Å². The molecule has 0 saturated carbocycles. The molecule has 0 aliphatic rings. The molecule has 1 atom stereocenters. The summed E-state index contributed by atoms with van der Waals surface area (Å²) in [6, 6.07) is 6.00. The Hall–Kier alpha value is -1.55. The van der Waals surface area contributed by atoms with E-state index < -0.39 is 0 Å². The van der Waals surface area contributed by atoms with E-state index in [0.717, 1.165) is 36.5 Å². The molecule has 0 amide bonds. The van der Waals surface area contributed by atoms with Crippen molar-refractivity contribution < 1.29 is 0 Å². The van der Waals surface area contributed by atoms with Crippen LogP contribution in [0.25, 0.3) is 0 Å². The molecule has 22 heavy (non-hydrogen) atoms. The van der Waals surface area contributed by atoms with Gasteiger partial charge in [-0.15, -0.1) is 0 Å². The standard InChI is InChI=1S/C18H27N3S/c1-4-16(12-15(2)8-5-6-11-22)20-14-18-10-7-9-17(21-18)13-19-3/h4-5,7-10,13,15,20,22H,6,11-12,14H2,1-3H3/b8-5+,16-4?,19-13+. The molecule has 1 unspecified atom stereocenters. The summed E-state index contributed by atoms with van der Waals surface area (Å²) in [4.78, 5) is 8.55. The molecule has 3 nitrogen and oxygen atoms in total. The Morgan fingerprint density at radius 3 is 2.95 bits per heavy atom. The minimum absolute atomic E-state index is 0.519. The predicted molar refractivity (Wildman–Crippen MR) is 99.7 cm³/mol. The summed E-state index contributed by atoms with van der Waals surface area (Å²) in [6.45, 7) is 5.04. The lowest BCUT2D eigenvalue weighted by molar-refractivity contribution is 0.644. The highest BCUT2D eigenvalue weighted by molar-refractivity contribution is 7.80. The summed E-state index contributed by atoms with van der Waals surface area (Å²) >= 11 is 4.22. The van der Waals surface area contributed by atoms with E-state index in [-0.39, 0.29) is 0 Å². The van der Waals surface area contributed by atoms with E-state index in [1.165, 1.54) is 5.70 Å². The molecule has 0 aliphatic heterocycles. The highest BCUT2D eigenvalue weighted by Crippen LogP contribution is 2.12. The molecule has 0 aromatic carbocycles. The molecule has 4 heteroatoms. The first kappa shape index (κ1) is 18.5. The fourth-order valence-electron chi connectivity index (χ4n) is 2.11. The van der Waals surface area contributed by atoms with E-state index >= 15 is 0 Å². The van der Waals surface area contributed by atoms with Gasteiger partial charge in [0.1, 0.15) is 0 Å². The molecule has 0 saturated heterocycles. The lowest BCUT2D eigenvalue weighted by Crippen LogP contribution is -2.15. The lowest BCUT2D eigenvalue weighted by atomic mass is 10.0. The van der Waals surface area contributed by atoms with Gasteiger partial charge in [-0.3, -0.25) is 4.99 Å². The first-order valence-electron chi connectivity index (χ1n) is 7.74. The molecular weight excluding hydrogens is 290 g/mol. The van der Waals surface area contributed by atoms with Crippen LogP contribution in [0.15, 0.2) is 47.1 Å². The van der Waals surface area contributed by atoms with E-state index in [4.69, 9.17) is 0 Å². The van der Waals surface area contributed by atoms with Gasteiger partial charge in [0.2, 0.25) is 0 Å². The van der Waals surface area contributed by atoms with Gasteiger partial charge in [0.05, 0.1) is 17.9 Å². The number of hydrogen-bond acceptors (Lipinski definition) is 4. The van der Waals surface area contributed by atoms with Crippen LogP contribution in [0.1, 0.15) is 38.1 Å². The van der Waals surface area contributed by atoms with Crippen molar-refractivity contribution in [2.45, 2.75) is 33.2 Å². The van der Waals surface area contributed by atoms with Gasteiger partial charge < -0.3 is 5.32 Å². The second-order valence-corrected chi connectivity index (χ2v) is 5.68. The van der Waals surface area contributed by atoms with E-state index in [2.05, 4.69) is 60.0 Å². The third-order valence-corrected chi connectivity index (χ3v) is 3.50. The largest absolute Gasteiger partial charge is 0.383 e. The summed E-state index contributed by atoms with van der Waals surface area (Å²) in [7, 11) is 1.76. The molecule has 0 bridgehead atoms. The first-order valence-corrected chi connectivity index (χ1v) is 8.37. The minimum Gasteiger partial charge on any atom is -0.383 e. The zero-order chi connectivity index (χ0) is 16.2. The van der Waals surface area contributed by atoms with E-state index in [0.29, 0.717) is 5.92 Å². The maximum atomic E-state index is 4.55. The number of aliphatic imine (C=N–C) groups is 1. The zero-order valence-electron chi connectivity index (χ0n) is 13.8. The third-order valence-electron chi connectivity index (χ3n) is 3.24. The van der Waals surface area contributed by atoms with Gasteiger partial charge in [0.15, 0.2) is 0 Å². The lowest BCUT2D eigenvalue weighted by Gasteiger charge is -2.13. The van der Waals surface area contributed by atoms with Gasteiger partial charge in [-0.1, -0.05) is 31.2 Å². The van der Waals surface area contributed by atoms with Crippen molar-refractivity contribution in [2.75, 3.05) is 12.8 Å². The Balaban J connectivity index is 2.52. The minimum atomic E-state index is 0.519. The molecule has 1 N–H and O–H groups in total. The number of aromatic nitrogens is 1. The Labute approximate surface area is 140 Å². The zero-order valence-corrected chi connectivity index (χ0v) is 14.7. The summed E-state index contributed by atoms with van der Waals surface area (Å²) in [6.07, 6.45) is 10.4. The SMILES string of the molecule is CC=C(CC(C)/C=C/CCS)NCc1cccc(/C=N/C)n1. The summed E-state index contributed by atoms with van der Waals surface area (Å²) in [5.41, 5.74) is 3.17. The number of thiol groups is 1. The highest BCUT2D eigenvalue weighted by atomic mass is 32.1. The second kappa shape index (κ2) is 11.1. The van der Waals surface area contributed by atoms with Crippen molar-refractivity contribution in [3.05, 3.63) is 53.5 Å². The molecule has 1 aromatic rings. The fourth-order valence-corrected chi connectivity index (χ4v) is 2.26. The summed E-state index contributed by atoms with van der Waals surface area (Å²) in [5, 5.41) is 3.48. The molecular formula is C18H27N3S. The number of pyridine rings is 1. The maximum absolute atomic E-state index is 4.55. The average Bonchev–Trinajstić information content (AvgIpc) is 2.52. The monoisotopic (exact) mass is 317 g/mol. The van der Waals surface area contributed by atoms with Crippen molar-refractivity contribution in [1.82, 2.24) is 10.3 Å². The van der Waals surface area contributed by atoms with Crippen LogP contribution in [-0.4, -0.2) is 24.0 Å². The van der Waals surface area contributed by atoms with Gasteiger partial charge in [-0.2, -0.15) is 12.6 Å². The average molecular weight is 318 g/mol. The van der Waals surface area contributed by atoms with Crippen molar-refractivity contribution in [1.29, 1.82) is 0 Å². The number of allylic oxidation sites excluding steroid dienone is 4. The smallest absolute Gasteiger partial charge is 0.0811 e. The molecule has 0 spiro atoms. The van der Waals surface area contributed by atoms with Crippen molar-refractivity contribution in [3.8, 4) is 0 Å². The third kappa shape index (κ3) is 7.46. The molecule has 0 fully saturated rings. The molecule has 1 heterocycles. The van der Waals surface area contributed by atoms with Crippen LogP contribution in [-0.2, 0) is 6.54 Å². The van der Waals surface area contributed by atoms with Crippen LogP contribution in [0.3, 0.4) is 0 Å². The van der Waals surface area contributed by atoms with Crippen molar-refractivity contribution in [3.63, 3.8) is 0 Å². The van der Waals surface area contributed by atoms with Crippen LogP contribution < -0.4 is 5.32 Å². The summed E-state index contributed by atoms with van der Waals surface area (Å²) in [5.74, 6) is 1.42. The van der Waals surface area contributed by atoms with E-state index in [9.17, 15) is 0 Å². The Morgan fingerprint density at radius 2 is 2.27 bits per heavy atom. The fraction of sp³-hybridized carbons (Fsp3) is 0.444. The maximum Gasteiger partial charge on any atom is 0.0811 e.